The molecule has 6 heteroatoms. The normalized spacial score (nSPS) is 19.8. The minimum Gasteiger partial charge on any atom is -0.482 e. The Labute approximate surface area is 121 Å². The first-order valence-corrected chi connectivity index (χ1v) is 6.42. The van der Waals surface area contributed by atoms with Gasteiger partial charge in [-0.1, -0.05) is 24.3 Å². The second-order valence-electron chi connectivity index (χ2n) is 4.64. The molecule has 1 aromatic rings. The number of carboxylic acids is 1. The maximum absolute atomic E-state index is 11.7. The Morgan fingerprint density at radius 2 is 2.14 bits per heavy atom. The largest absolute Gasteiger partial charge is 0.482 e. The summed E-state index contributed by atoms with van der Waals surface area (Å²) in [6.07, 6.45) is 3.58. The molecule has 1 amide bonds. The summed E-state index contributed by atoms with van der Waals surface area (Å²) in [7, 11) is 0. The van der Waals surface area contributed by atoms with Crippen LogP contribution >= 0.6 is 0 Å². The van der Waals surface area contributed by atoms with Crippen LogP contribution in [-0.2, 0) is 9.59 Å². The molecule has 0 fully saturated rings. The van der Waals surface area contributed by atoms with Crippen LogP contribution in [0.5, 0.6) is 5.75 Å². The van der Waals surface area contributed by atoms with Crippen LogP contribution in [0.15, 0.2) is 36.4 Å². The van der Waals surface area contributed by atoms with Gasteiger partial charge in [-0.25, -0.2) is 0 Å². The number of carbonyl (C=O) groups is 2. The molecule has 0 saturated heterocycles. The zero-order chi connectivity index (χ0) is 15.2. The van der Waals surface area contributed by atoms with Gasteiger partial charge in [0.05, 0.1) is 11.5 Å². The fourth-order valence-electron chi connectivity index (χ4n) is 2.07. The van der Waals surface area contributed by atoms with Gasteiger partial charge in [-0.3, -0.25) is 9.59 Å². The zero-order valence-corrected chi connectivity index (χ0v) is 11.2. The van der Waals surface area contributed by atoms with Gasteiger partial charge < -0.3 is 15.2 Å². The highest BCUT2D eigenvalue weighted by Gasteiger charge is 2.25. The quantitative estimate of drug-likeness (QED) is 0.789. The van der Waals surface area contributed by atoms with Crippen molar-refractivity contribution in [3.63, 3.8) is 0 Å². The third-order valence-corrected chi connectivity index (χ3v) is 3.11. The van der Waals surface area contributed by atoms with Gasteiger partial charge >= 0.3 is 5.97 Å². The fourth-order valence-corrected chi connectivity index (χ4v) is 2.07. The van der Waals surface area contributed by atoms with E-state index in [1.165, 1.54) is 0 Å². The van der Waals surface area contributed by atoms with Crippen LogP contribution in [0.3, 0.4) is 0 Å². The summed E-state index contributed by atoms with van der Waals surface area (Å²) < 4.78 is 5.30. The Hall–Kier alpha value is -2.81. The number of benzene rings is 1. The van der Waals surface area contributed by atoms with Crippen molar-refractivity contribution in [2.24, 2.45) is 5.92 Å². The molecule has 0 saturated carbocycles. The molecular weight excluding hydrogens is 272 g/mol. The van der Waals surface area contributed by atoms with E-state index in [4.69, 9.17) is 15.1 Å². The molecule has 2 rings (SSSR count). The Bertz CT molecular complexity index is 618. The van der Waals surface area contributed by atoms with E-state index < -0.39 is 11.9 Å². The number of nitrogens with zero attached hydrogens (tertiary/aromatic N) is 1. The lowest BCUT2D eigenvalue weighted by molar-refractivity contribution is -0.140. The minimum absolute atomic E-state index is 0.221. The van der Waals surface area contributed by atoms with Crippen molar-refractivity contribution < 1.29 is 19.4 Å². The van der Waals surface area contributed by atoms with Crippen molar-refractivity contribution in [3.05, 3.63) is 42.0 Å². The topological polar surface area (TPSA) is 99.4 Å². The second-order valence-corrected chi connectivity index (χ2v) is 4.64. The number of hydrogen-bond donors (Lipinski definition) is 2. The van der Waals surface area contributed by atoms with Crippen LogP contribution < -0.4 is 10.1 Å². The number of amides is 1. The average Bonchev–Trinajstić information content (AvgIpc) is 2.94. The van der Waals surface area contributed by atoms with Gasteiger partial charge in [-0.05, 0) is 18.6 Å². The number of rotatable bonds is 5. The summed E-state index contributed by atoms with van der Waals surface area (Å²) in [5, 5.41) is 20.4. The smallest absolute Gasteiger partial charge is 0.310 e. The Morgan fingerprint density at radius 1 is 1.38 bits per heavy atom. The molecule has 2 unspecified atom stereocenters. The number of aliphatic carboxylic acids is 1. The summed E-state index contributed by atoms with van der Waals surface area (Å²) in [5.74, 6) is -1.47. The highest BCUT2D eigenvalue weighted by Crippen LogP contribution is 2.18. The van der Waals surface area contributed by atoms with Crippen LogP contribution in [-0.4, -0.2) is 29.6 Å². The fraction of sp³-hybridized carbons (Fsp3) is 0.267. The lowest BCUT2D eigenvalue weighted by Crippen LogP contribution is -2.36. The minimum atomic E-state index is -0.901. The summed E-state index contributed by atoms with van der Waals surface area (Å²) in [5.41, 5.74) is 0.358. The van der Waals surface area contributed by atoms with Crippen molar-refractivity contribution >= 4 is 11.9 Å². The average molecular weight is 286 g/mol. The number of carboxylic acid groups (broad SMARTS) is 1. The number of nitriles is 1. The molecular formula is C15H14N2O4. The number of nitrogens with one attached hydrogen (secondary N) is 1. The van der Waals surface area contributed by atoms with Crippen LogP contribution in [0.2, 0.25) is 0 Å². The first-order chi connectivity index (χ1) is 10.1. The van der Waals surface area contributed by atoms with E-state index in [1.54, 1.807) is 36.4 Å². The Balaban J connectivity index is 1.82. The van der Waals surface area contributed by atoms with E-state index in [0.717, 1.165) is 0 Å². The van der Waals surface area contributed by atoms with Gasteiger partial charge in [0.2, 0.25) is 0 Å². The van der Waals surface area contributed by atoms with Crippen LogP contribution in [0, 0.1) is 17.2 Å². The molecule has 0 aromatic heterocycles. The van der Waals surface area contributed by atoms with Crippen LogP contribution in [0.1, 0.15) is 12.0 Å². The molecule has 0 bridgehead atoms. The standard InChI is InChI=1S/C15H14N2O4/c16-8-11-3-1-2-4-13(11)21-9-14(18)17-12-6-5-10(7-12)15(19)20/h1-6,10,12H,7,9H2,(H,17,18)(H,19,20). The van der Waals surface area contributed by atoms with Crippen LogP contribution in [0.25, 0.3) is 0 Å². The number of ether oxygens (including phenoxy) is 1. The second kappa shape index (κ2) is 6.57. The maximum atomic E-state index is 11.7. The lowest BCUT2D eigenvalue weighted by atomic mass is 10.1. The SMILES string of the molecule is N#Cc1ccccc1OCC(=O)NC1C=CC(C(=O)O)C1. The zero-order valence-electron chi connectivity index (χ0n) is 11.2. The molecule has 6 nitrogen and oxygen atoms in total. The van der Waals surface area contributed by atoms with Gasteiger partial charge in [0.15, 0.2) is 6.61 Å². The molecule has 1 aromatic carbocycles. The molecule has 108 valence electrons. The van der Waals surface area contributed by atoms with Crippen LogP contribution in [0.4, 0.5) is 0 Å². The number of carbonyl (C=O) groups excluding carboxylic acids is 1. The molecule has 1 aliphatic rings. The highest BCUT2D eigenvalue weighted by molar-refractivity contribution is 5.79. The molecule has 0 aliphatic heterocycles. The maximum Gasteiger partial charge on any atom is 0.310 e. The molecule has 1 aliphatic carbocycles. The number of para-hydroxylation sites is 1. The van der Waals surface area contributed by atoms with Gasteiger partial charge in [0.1, 0.15) is 11.8 Å². The molecule has 21 heavy (non-hydrogen) atoms. The van der Waals surface area contributed by atoms with Crippen molar-refractivity contribution in [2.75, 3.05) is 6.61 Å². The molecule has 0 radical (unpaired) electrons. The first-order valence-electron chi connectivity index (χ1n) is 6.42. The first kappa shape index (κ1) is 14.6. The third kappa shape index (κ3) is 3.83. The number of hydrogen-bond acceptors (Lipinski definition) is 4. The van der Waals surface area contributed by atoms with E-state index >= 15 is 0 Å². The Kier molecular flexibility index (Phi) is 4.57. The van der Waals surface area contributed by atoms with E-state index in [9.17, 15) is 9.59 Å². The Morgan fingerprint density at radius 3 is 2.81 bits per heavy atom. The predicted molar refractivity (Wildman–Crippen MR) is 73.5 cm³/mol. The summed E-state index contributed by atoms with van der Waals surface area (Å²) in [6, 6.07) is 8.32. The van der Waals surface area contributed by atoms with E-state index in [-0.39, 0.29) is 18.6 Å². The van der Waals surface area contributed by atoms with E-state index in [2.05, 4.69) is 5.32 Å². The third-order valence-electron chi connectivity index (χ3n) is 3.11. The molecule has 0 heterocycles. The summed E-state index contributed by atoms with van der Waals surface area (Å²) >= 11 is 0. The van der Waals surface area contributed by atoms with E-state index in [0.29, 0.717) is 17.7 Å². The van der Waals surface area contributed by atoms with Gasteiger partial charge in [-0.15, -0.1) is 0 Å². The monoisotopic (exact) mass is 286 g/mol. The molecule has 0 spiro atoms. The molecule has 2 N–H and O–H groups in total. The predicted octanol–water partition coefficient (Wildman–Crippen LogP) is 1.08. The van der Waals surface area contributed by atoms with Gasteiger partial charge in [-0.2, -0.15) is 5.26 Å². The van der Waals surface area contributed by atoms with Crippen molar-refractivity contribution in [2.45, 2.75) is 12.5 Å². The van der Waals surface area contributed by atoms with E-state index in [1.807, 2.05) is 6.07 Å². The summed E-state index contributed by atoms with van der Waals surface area (Å²) in [4.78, 5) is 22.5. The van der Waals surface area contributed by atoms with Crippen molar-refractivity contribution in [3.8, 4) is 11.8 Å². The van der Waals surface area contributed by atoms with Crippen molar-refractivity contribution in [1.29, 1.82) is 5.26 Å². The highest BCUT2D eigenvalue weighted by atomic mass is 16.5. The molecule has 2 atom stereocenters. The van der Waals surface area contributed by atoms with Crippen molar-refractivity contribution in [1.82, 2.24) is 5.32 Å². The van der Waals surface area contributed by atoms with Gasteiger partial charge in [0.25, 0.3) is 5.91 Å². The summed E-state index contributed by atoms with van der Waals surface area (Å²) in [6.45, 7) is -0.221. The lowest BCUT2D eigenvalue weighted by Gasteiger charge is -2.13. The van der Waals surface area contributed by atoms with Gasteiger partial charge in [0, 0.05) is 6.04 Å².